The van der Waals surface area contributed by atoms with Crippen LogP contribution in [0.25, 0.3) is 6.08 Å². The lowest BCUT2D eigenvalue weighted by Gasteiger charge is -2.34. The molecule has 1 fully saturated rings. The van der Waals surface area contributed by atoms with Crippen LogP contribution in [0.15, 0.2) is 67.0 Å². The first-order valence-corrected chi connectivity index (χ1v) is 11.9. The minimum Gasteiger partial charge on any atom is -0.369 e. The number of aromatic nitrogens is 2. The minimum absolute atomic E-state index is 0.584. The van der Waals surface area contributed by atoms with Crippen molar-refractivity contribution in [2.45, 2.75) is 20.4 Å². The molecule has 0 unspecified atom stereocenters. The molecular formula is C28H32N6. The fourth-order valence-corrected chi connectivity index (χ4v) is 4.57. The molecule has 0 radical (unpaired) electrons. The number of rotatable bonds is 5. The highest BCUT2D eigenvalue weighted by molar-refractivity contribution is 5.74. The Balaban J connectivity index is 1.36. The molecule has 5 rings (SSSR count). The monoisotopic (exact) mass is 452 g/mol. The number of likely N-dealkylation sites (N-methyl/N-ethyl adjacent to an activating group) is 1. The summed E-state index contributed by atoms with van der Waals surface area (Å²) in [5, 5.41) is 3.38. The molecule has 6 heteroatoms. The Labute approximate surface area is 202 Å². The lowest BCUT2D eigenvalue weighted by molar-refractivity contribution is 0.313. The van der Waals surface area contributed by atoms with E-state index in [-0.39, 0.29) is 0 Å². The van der Waals surface area contributed by atoms with E-state index in [1.54, 1.807) is 0 Å². The Morgan fingerprint density at radius 3 is 2.35 bits per heavy atom. The third-order valence-corrected chi connectivity index (χ3v) is 6.81. The Bertz CT molecular complexity index is 1200. The van der Waals surface area contributed by atoms with Crippen LogP contribution in [-0.4, -0.2) is 48.1 Å². The van der Waals surface area contributed by atoms with E-state index in [2.05, 4.69) is 94.9 Å². The standard InChI is InChI=1S/C28H32N6/c1-20-6-5-7-21(2)26(20)19-34-22(3)8-9-23-18-29-28(31-27(23)34)30-24-10-12-25(13-11-24)33-16-14-32(4)15-17-33/h5-13,18H,3,14-17,19H2,1-2,4H3,(H,29,30,31). The van der Waals surface area contributed by atoms with Crippen LogP contribution in [-0.2, 0) is 6.54 Å². The molecule has 0 saturated carbocycles. The zero-order chi connectivity index (χ0) is 23.7. The molecule has 34 heavy (non-hydrogen) atoms. The summed E-state index contributed by atoms with van der Waals surface area (Å²) in [6, 6.07) is 15.0. The van der Waals surface area contributed by atoms with Crippen LogP contribution >= 0.6 is 0 Å². The Kier molecular flexibility index (Phi) is 6.07. The quantitative estimate of drug-likeness (QED) is 0.579. The van der Waals surface area contributed by atoms with Crippen LogP contribution in [0.1, 0.15) is 22.3 Å². The van der Waals surface area contributed by atoms with Crippen molar-refractivity contribution in [3.8, 4) is 0 Å². The first kappa shape index (κ1) is 22.2. The summed E-state index contributed by atoms with van der Waals surface area (Å²) in [5.41, 5.74) is 8.01. The normalized spacial score (nSPS) is 16.0. The van der Waals surface area contributed by atoms with E-state index in [0.717, 1.165) is 55.5 Å². The number of fused-ring (bicyclic) bond motifs is 1. The van der Waals surface area contributed by atoms with Gasteiger partial charge in [0.1, 0.15) is 5.82 Å². The van der Waals surface area contributed by atoms with Gasteiger partial charge in [-0.15, -0.1) is 0 Å². The summed E-state index contributed by atoms with van der Waals surface area (Å²) in [6.45, 7) is 13.6. The van der Waals surface area contributed by atoms with Crippen molar-refractivity contribution in [3.63, 3.8) is 0 Å². The van der Waals surface area contributed by atoms with Crippen LogP contribution in [0.3, 0.4) is 0 Å². The molecule has 2 aromatic carbocycles. The number of allylic oxidation sites excluding steroid dienone is 1. The van der Waals surface area contributed by atoms with Gasteiger partial charge in [-0.1, -0.05) is 24.8 Å². The van der Waals surface area contributed by atoms with Gasteiger partial charge in [0.2, 0.25) is 5.95 Å². The lowest BCUT2D eigenvalue weighted by atomic mass is 10.0. The highest BCUT2D eigenvalue weighted by Crippen LogP contribution is 2.32. The molecule has 0 bridgehead atoms. The molecule has 2 aliphatic heterocycles. The molecule has 6 nitrogen and oxygen atoms in total. The largest absolute Gasteiger partial charge is 0.369 e. The van der Waals surface area contributed by atoms with Crippen LogP contribution in [0.5, 0.6) is 0 Å². The van der Waals surface area contributed by atoms with E-state index < -0.39 is 0 Å². The van der Waals surface area contributed by atoms with Crippen LogP contribution in [0.2, 0.25) is 0 Å². The maximum absolute atomic E-state index is 4.89. The maximum atomic E-state index is 4.89. The second-order valence-corrected chi connectivity index (χ2v) is 9.22. The average Bonchev–Trinajstić information content (AvgIpc) is 2.84. The van der Waals surface area contributed by atoms with Crippen molar-refractivity contribution in [1.82, 2.24) is 14.9 Å². The second kappa shape index (κ2) is 9.31. The highest BCUT2D eigenvalue weighted by Gasteiger charge is 2.21. The lowest BCUT2D eigenvalue weighted by Crippen LogP contribution is -2.44. The number of nitrogens with one attached hydrogen (secondary N) is 1. The smallest absolute Gasteiger partial charge is 0.229 e. The van der Waals surface area contributed by atoms with Gasteiger partial charge < -0.3 is 20.0 Å². The first-order valence-electron chi connectivity index (χ1n) is 11.9. The topological polar surface area (TPSA) is 47.5 Å². The summed E-state index contributed by atoms with van der Waals surface area (Å²) in [6.07, 6.45) is 5.95. The fraction of sp³-hybridized carbons (Fsp3) is 0.286. The third kappa shape index (κ3) is 4.54. The first-order chi connectivity index (χ1) is 16.5. The number of nitrogens with zero attached hydrogens (tertiary/aromatic N) is 5. The Morgan fingerprint density at radius 2 is 1.65 bits per heavy atom. The molecule has 0 spiro atoms. The molecule has 0 amide bonds. The van der Waals surface area contributed by atoms with E-state index in [0.29, 0.717) is 5.95 Å². The Morgan fingerprint density at radius 1 is 0.941 bits per heavy atom. The summed E-state index contributed by atoms with van der Waals surface area (Å²) < 4.78 is 0. The molecular weight excluding hydrogens is 420 g/mol. The molecule has 1 aromatic heterocycles. The number of hydrogen-bond acceptors (Lipinski definition) is 6. The molecule has 3 heterocycles. The maximum Gasteiger partial charge on any atom is 0.229 e. The average molecular weight is 453 g/mol. The summed E-state index contributed by atoms with van der Waals surface area (Å²) in [7, 11) is 2.18. The van der Waals surface area contributed by atoms with E-state index >= 15 is 0 Å². The van der Waals surface area contributed by atoms with Gasteiger partial charge in [0.25, 0.3) is 0 Å². The van der Waals surface area contributed by atoms with Gasteiger partial charge in [-0.2, -0.15) is 4.98 Å². The zero-order valence-electron chi connectivity index (χ0n) is 20.3. The molecule has 1 saturated heterocycles. The fourth-order valence-electron chi connectivity index (χ4n) is 4.57. The van der Waals surface area contributed by atoms with Crippen molar-refractivity contribution in [2.75, 3.05) is 48.3 Å². The number of aryl methyl sites for hydroxylation is 2. The Hall–Kier alpha value is -3.64. The summed E-state index contributed by atoms with van der Waals surface area (Å²) in [4.78, 5) is 16.4. The van der Waals surface area contributed by atoms with E-state index in [9.17, 15) is 0 Å². The number of benzene rings is 2. The predicted molar refractivity (Wildman–Crippen MR) is 142 cm³/mol. The van der Waals surface area contributed by atoms with Gasteiger partial charge in [-0.3, -0.25) is 0 Å². The van der Waals surface area contributed by atoms with Gasteiger partial charge in [-0.25, -0.2) is 4.98 Å². The predicted octanol–water partition coefficient (Wildman–Crippen LogP) is 5.14. The van der Waals surface area contributed by atoms with Gasteiger partial charge in [0.15, 0.2) is 0 Å². The number of anilines is 4. The molecule has 174 valence electrons. The van der Waals surface area contributed by atoms with Gasteiger partial charge in [0.05, 0.1) is 6.54 Å². The minimum atomic E-state index is 0.584. The third-order valence-electron chi connectivity index (χ3n) is 6.81. The SMILES string of the molecule is C=C1C=Cc2cnc(Nc3ccc(N4CCN(C)CC4)cc3)nc2N1Cc1c(C)cccc1C. The van der Waals surface area contributed by atoms with Crippen molar-refractivity contribution in [3.05, 3.63) is 89.3 Å². The van der Waals surface area contributed by atoms with Gasteiger partial charge >= 0.3 is 0 Å². The van der Waals surface area contributed by atoms with Crippen molar-refractivity contribution in [2.24, 2.45) is 0 Å². The van der Waals surface area contributed by atoms with E-state index in [1.807, 2.05) is 18.3 Å². The van der Waals surface area contributed by atoms with Crippen molar-refractivity contribution >= 4 is 29.2 Å². The molecule has 1 N–H and O–H groups in total. The van der Waals surface area contributed by atoms with Crippen molar-refractivity contribution < 1.29 is 0 Å². The molecule has 3 aromatic rings. The van der Waals surface area contributed by atoms with E-state index in [1.165, 1.54) is 22.4 Å². The molecule has 0 aliphatic carbocycles. The van der Waals surface area contributed by atoms with Crippen LogP contribution < -0.4 is 15.1 Å². The molecule has 0 atom stereocenters. The number of hydrogen-bond donors (Lipinski definition) is 1. The molecule has 2 aliphatic rings. The summed E-state index contributed by atoms with van der Waals surface area (Å²) >= 11 is 0. The number of piperazine rings is 1. The summed E-state index contributed by atoms with van der Waals surface area (Å²) in [5.74, 6) is 1.46. The highest BCUT2D eigenvalue weighted by atomic mass is 15.3. The zero-order valence-corrected chi connectivity index (χ0v) is 20.3. The van der Waals surface area contributed by atoms with E-state index in [4.69, 9.17) is 4.98 Å². The van der Waals surface area contributed by atoms with Gasteiger partial charge in [-0.05, 0) is 74.0 Å². The van der Waals surface area contributed by atoms with Crippen molar-refractivity contribution in [1.29, 1.82) is 0 Å². The van der Waals surface area contributed by atoms with Gasteiger partial charge in [0, 0.05) is 55.0 Å². The second-order valence-electron chi connectivity index (χ2n) is 9.22. The van der Waals surface area contributed by atoms with Crippen LogP contribution in [0.4, 0.5) is 23.1 Å². The van der Waals surface area contributed by atoms with Crippen LogP contribution in [0, 0.1) is 13.8 Å².